The standard InChI is InChI=1S/C27H24Cl3N3.C26H24Cl3IN2.4C18H15P.Pd/c1-31-23-9-4-20(5-10-23)27(12-13-27)18-32-14-15-33(25-11-8-22(29)16-24(25)30)26(17-32)19-2-6-21(28)7-3-19;27-20-5-1-18(2-6-20)25-16-31(13-14-32(25)24-10-7-21(28)15-23(24)29)17-26(11-12-26)19-3-8-22(30)9-4-19;4*1-4-10-16(11-5-1)19(17-12-6-2-7-13-17)18-14-8-3-9-15-18;/h2-11,16,26H,12-15,17-18H2;1-10,15,25H,11-14,16-17H2;4*1-15H;/t26-;25-;;;;;/m00...../s1. The topological polar surface area (TPSA) is 17.3 Å². The van der Waals surface area contributed by atoms with Crippen LogP contribution in [0.1, 0.15) is 60.0 Å². The van der Waals surface area contributed by atoms with Gasteiger partial charge in [-0.3, -0.25) is 9.80 Å². The number of piperazine rings is 2. The number of nitrogens with zero attached hydrogens (tertiary/aromatic N) is 5. The van der Waals surface area contributed by atoms with Crippen LogP contribution in [0, 0.1) is 10.1 Å². The van der Waals surface area contributed by atoms with E-state index in [1.54, 1.807) is 0 Å². The molecule has 2 aliphatic heterocycles. The minimum Gasteiger partial charge on any atom is -0.361 e. The number of rotatable bonds is 22. The van der Waals surface area contributed by atoms with Crippen LogP contribution in [0.5, 0.6) is 0 Å². The molecule has 4 aliphatic rings. The average molecular weight is 2250 g/mol. The SMILES string of the molecule is Clc1ccc([C@@H]2CN(CC3(c4ccc(I)cc4)CC3)CCN2c2ccc(Cl)cc2Cl)cc1.[C-]#[N+]c1ccc(C2(CN3CCN(c4ccc(Cl)cc4Cl)[C@H](c4ccc(Cl)cc4)C3)CC2)cc1.[Pd].c1ccc(P(c2ccccc2)c2ccccc2)cc1.c1ccc(P(c2ccccc2)c2ccccc2)cc1.c1ccc(P(c2ccccc2)c2ccccc2)cc1.c1ccc(P(c2ccccc2)c2ccccc2)cc1. The Labute approximate surface area is 901 Å². The second-order valence-electron chi connectivity index (χ2n) is 35.3. The Morgan fingerprint density at radius 2 is 0.472 bits per heavy atom. The van der Waals surface area contributed by atoms with Gasteiger partial charge < -0.3 is 9.80 Å². The fourth-order valence-corrected chi connectivity index (χ4v) is 29.4. The van der Waals surface area contributed by atoms with Gasteiger partial charge in [-0.1, -0.05) is 494 Å². The maximum absolute atomic E-state index is 7.21. The van der Waals surface area contributed by atoms with E-state index in [1.807, 2.05) is 72.8 Å². The second kappa shape index (κ2) is 52.6. The predicted molar refractivity (Wildman–Crippen MR) is 623 cm³/mol. The van der Waals surface area contributed by atoms with Gasteiger partial charge in [0.15, 0.2) is 5.69 Å². The first-order chi connectivity index (χ1) is 69.2. The third-order valence-electron chi connectivity index (χ3n) is 25.9. The quantitative estimate of drug-likeness (QED) is 0.0291. The molecule has 0 aromatic heterocycles. The Kier molecular flexibility index (Phi) is 38.7. The first-order valence-corrected chi connectivity index (χ1v) is 56.4. The van der Waals surface area contributed by atoms with Crippen LogP contribution in [0.25, 0.3) is 4.85 Å². The van der Waals surface area contributed by atoms with E-state index in [0.717, 1.165) is 73.8 Å². The zero-order chi connectivity index (χ0) is 97.0. The summed E-state index contributed by atoms with van der Waals surface area (Å²) in [5, 5.41) is 20.9. The minimum atomic E-state index is -0.446. The van der Waals surface area contributed by atoms with Crippen LogP contribution < -0.4 is 73.5 Å². The van der Waals surface area contributed by atoms with E-state index < -0.39 is 31.7 Å². The first kappa shape index (κ1) is 105. The molecule has 18 aromatic rings. The van der Waals surface area contributed by atoms with Crippen molar-refractivity contribution in [2.45, 2.75) is 48.6 Å². The van der Waals surface area contributed by atoms with Crippen molar-refractivity contribution in [2.75, 3.05) is 62.2 Å². The minimum absolute atomic E-state index is 0. The molecule has 2 saturated heterocycles. The van der Waals surface area contributed by atoms with Crippen LogP contribution in [0.3, 0.4) is 0 Å². The Hall–Kier alpha value is -10.2. The molecule has 4 fully saturated rings. The molecule has 18 aromatic carbocycles. The molecular formula is C125H108Cl6IN5P4Pd. The van der Waals surface area contributed by atoms with Crippen molar-refractivity contribution < 1.29 is 20.4 Å². The molecule has 2 atom stereocenters. The molecule has 712 valence electrons. The molecule has 142 heavy (non-hydrogen) atoms. The van der Waals surface area contributed by atoms with Crippen molar-refractivity contribution in [3.05, 3.63) is 565 Å². The summed E-state index contributed by atoms with van der Waals surface area (Å²) < 4.78 is 1.29. The van der Waals surface area contributed by atoms with Crippen molar-refractivity contribution >= 4 is 205 Å². The summed E-state index contributed by atoms with van der Waals surface area (Å²) in [5.74, 6) is 0. The second-order valence-corrected chi connectivity index (χ2v) is 48.0. The monoisotopic (exact) mass is 2250 g/mol. The van der Waals surface area contributed by atoms with Gasteiger partial charge in [-0.05, 0) is 239 Å². The van der Waals surface area contributed by atoms with E-state index in [-0.39, 0.29) is 37.9 Å². The van der Waals surface area contributed by atoms with Crippen molar-refractivity contribution in [3.8, 4) is 0 Å². The average Bonchev–Trinajstić information content (AvgIpc) is 1.60. The van der Waals surface area contributed by atoms with Gasteiger partial charge in [0.05, 0.1) is 40.1 Å². The summed E-state index contributed by atoms with van der Waals surface area (Å²) in [4.78, 5) is 13.6. The number of benzene rings is 18. The number of hydrogen-bond acceptors (Lipinski definition) is 4. The summed E-state index contributed by atoms with van der Waals surface area (Å²) in [5.41, 5.74) is 8.55. The van der Waals surface area contributed by atoms with Gasteiger partial charge in [-0.25, -0.2) is 4.85 Å². The molecular weight excluding hydrogens is 2140 g/mol. The normalized spacial score (nSPS) is 14.9. The third-order valence-corrected chi connectivity index (χ3v) is 37.9. The van der Waals surface area contributed by atoms with Crippen molar-refractivity contribution in [1.82, 2.24) is 9.80 Å². The molecule has 2 aliphatic carbocycles. The van der Waals surface area contributed by atoms with Crippen LogP contribution in [0.15, 0.2) is 497 Å². The number of halogens is 7. The maximum Gasteiger partial charge on any atom is 0.187 e. The van der Waals surface area contributed by atoms with Gasteiger partial charge in [-0.15, -0.1) is 0 Å². The summed E-state index contributed by atoms with van der Waals surface area (Å²) in [6.07, 6.45) is 4.92. The summed E-state index contributed by atoms with van der Waals surface area (Å²) >= 11 is 40.3. The largest absolute Gasteiger partial charge is 0.361 e. The Morgan fingerprint density at radius 3 is 0.676 bits per heavy atom. The zero-order valence-corrected chi connectivity index (χ0v) is 90.3. The molecule has 22 rings (SSSR count). The fraction of sp³-hybridized carbons (Fsp3) is 0.128. The molecule has 17 heteroatoms. The maximum atomic E-state index is 7.21. The van der Waals surface area contributed by atoms with Crippen LogP contribution >= 0.6 is 124 Å². The summed E-state index contributed by atoms with van der Waals surface area (Å²) in [6, 6.07) is 175. The van der Waals surface area contributed by atoms with Crippen molar-refractivity contribution in [2.24, 2.45) is 0 Å². The van der Waals surface area contributed by atoms with Crippen molar-refractivity contribution in [1.29, 1.82) is 0 Å². The molecule has 0 N–H and O–H groups in total. The molecule has 5 nitrogen and oxygen atoms in total. The number of hydrogen-bond donors (Lipinski definition) is 0. The van der Waals surface area contributed by atoms with E-state index in [4.69, 9.17) is 76.2 Å². The van der Waals surface area contributed by atoms with E-state index in [1.165, 1.54) is 115 Å². The molecule has 2 heterocycles. The smallest absolute Gasteiger partial charge is 0.187 e. The van der Waals surface area contributed by atoms with Gasteiger partial charge in [0.2, 0.25) is 0 Å². The number of anilines is 2. The molecule has 0 bridgehead atoms. The Balaban J connectivity index is 0.000000125. The Bertz CT molecular complexity index is 6080. The van der Waals surface area contributed by atoms with Gasteiger partial charge in [-0.2, -0.15) is 0 Å². The van der Waals surface area contributed by atoms with E-state index in [0.29, 0.717) is 31.2 Å². The van der Waals surface area contributed by atoms with Crippen molar-refractivity contribution in [3.63, 3.8) is 0 Å². The molecule has 0 radical (unpaired) electrons. The fourth-order valence-electron chi connectivity index (χ4n) is 18.6. The predicted octanol–water partition coefficient (Wildman–Crippen LogP) is 29.4. The Morgan fingerprint density at radius 1 is 0.261 bits per heavy atom. The first-order valence-electron chi connectivity index (χ1n) is 47.7. The van der Waals surface area contributed by atoms with Gasteiger partial charge in [0.1, 0.15) is 0 Å². The third kappa shape index (κ3) is 28.3. The van der Waals surface area contributed by atoms with Crippen LogP contribution in [0.4, 0.5) is 17.1 Å². The molecule has 2 saturated carbocycles. The summed E-state index contributed by atoms with van der Waals surface area (Å²) in [7, 11) is -1.78. The molecule has 0 amide bonds. The van der Waals surface area contributed by atoms with Crippen LogP contribution in [0.2, 0.25) is 30.1 Å². The van der Waals surface area contributed by atoms with Crippen LogP contribution in [-0.4, -0.2) is 62.2 Å². The van der Waals surface area contributed by atoms with E-state index in [9.17, 15) is 0 Å². The van der Waals surface area contributed by atoms with E-state index in [2.05, 4.69) is 472 Å². The zero-order valence-electron chi connectivity index (χ0n) is 78.5. The summed E-state index contributed by atoms with van der Waals surface area (Å²) in [6.45, 7) is 15.0. The molecule has 0 spiro atoms. The van der Waals surface area contributed by atoms with Gasteiger partial charge in [0, 0.05) is 107 Å². The molecule has 0 unspecified atom stereocenters. The van der Waals surface area contributed by atoms with Crippen LogP contribution in [-0.2, 0) is 31.3 Å². The van der Waals surface area contributed by atoms with E-state index >= 15 is 0 Å². The van der Waals surface area contributed by atoms with Gasteiger partial charge in [0.25, 0.3) is 0 Å². The van der Waals surface area contributed by atoms with Gasteiger partial charge >= 0.3 is 0 Å².